The van der Waals surface area contributed by atoms with Gasteiger partial charge >= 0.3 is 0 Å². The minimum Gasteiger partial charge on any atom is -0.446 e. The minimum atomic E-state index is -2.72. The molecule has 3 fully saturated rings. The van der Waals surface area contributed by atoms with Crippen LogP contribution in [0.3, 0.4) is 0 Å². The van der Waals surface area contributed by atoms with Gasteiger partial charge in [-0.2, -0.15) is 8.78 Å². The molecule has 0 spiro atoms. The van der Waals surface area contributed by atoms with E-state index in [1.165, 1.54) is 25.1 Å². The van der Waals surface area contributed by atoms with Crippen molar-refractivity contribution in [3.8, 4) is 11.8 Å². The number of amides is 1. The van der Waals surface area contributed by atoms with Crippen LogP contribution >= 0.6 is 0 Å². The Labute approximate surface area is 149 Å². The van der Waals surface area contributed by atoms with E-state index < -0.39 is 6.43 Å². The highest BCUT2D eigenvalue weighted by Gasteiger charge is 2.43. The third-order valence-corrected chi connectivity index (χ3v) is 5.32. The van der Waals surface area contributed by atoms with Gasteiger partial charge in [-0.25, -0.2) is 4.98 Å². The van der Waals surface area contributed by atoms with Crippen molar-refractivity contribution in [2.24, 2.45) is 5.92 Å². The summed E-state index contributed by atoms with van der Waals surface area (Å²) in [4.78, 5) is 19.2. The van der Waals surface area contributed by atoms with Crippen molar-refractivity contribution in [2.45, 2.75) is 38.3 Å². The molecule has 3 saturated heterocycles. The summed E-state index contributed by atoms with van der Waals surface area (Å²) in [6, 6.07) is 3.14. The van der Waals surface area contributed by atoms with E-state index in [2.05, 4.69) is 28.0 Å². The van der Waals surface area contributed by atoms with Gasteiger partial charge in [-0.1, -0.05) is 0 Å². The molecule has 1 atom stereocenters. The number of piperidine rings is 3. The van der Waals surface area contributed by atoms with Gasteiger partial charge in [-0.3, -0.25) is 9.69 Å². The van der Waals surface area contributed by atoms with Crippen LogP contribution in [0.2, 0.25) is 0 Å². The number of fused-ring (bicyclic) bond motifs is 4. The lowest BCUT2D eigenvalue weighted by atomic mass is 9.80. The van der Waals surface area contributed by atoms with E-state index >= 15 is 0 Å². The number of nitrogens with zero attached hydrogens (tertiary/aromatic N) is 2. The first-order valence-corrected chi connectivity index (χ1v) is 8.70. The maximum absolute atomic E-state index is 12.7. The molecule has 0 unspecified atom stereocenters. The van der Waals surface area contributed by atoms with Crippen LogP contribution in [0, 0.1) is 17.8 Å². The number of pyridine rings is 1. The van der Waals surface area contributed by atoms with E-state index in [1.807, 2.05) is 0 Å². The fraction of sp³-hybridized carbons (Fsp3) is 0.474. The Balaban J connectivity index is 1.54. The van der Waals surface area contributed by atoms with E-state index in [-0.39, 0.29) is 23.0 Å². The Bertz CT molecular complexity index is 906. The molecule has 26 heavy (non-hydrogen) atoms. The average Bonchev–Trinajstić information content (AvgIpc) is 3.02. The summed E-state index contributed by atoms with van der Waals surface area (Å²) < 4.78 is 29.7. The number of halogens is 2. The summed E-state index contributed by atoms with van der Waals surface area (Å²) in [5, 5.41) is 3.73. The first-order valence-electron chi connectivity index (χ1n) is 8.70. The SMILES string of the molecule is C[C@@]1(NC(=O)c2cc3cc(C#CC(F)F)oc3cn2)CC2CCN1CC2. The zero-order valence-corrected chi connectivity index (χ0v) is 14.4. The van der Waals surface area contributed by atoms with Crippen LogP contribution in [0.5, 0.6) is 0 Å². The monoisotopic (exact) mass is 359 g/mol. The summed E-state index contributed by atoms with van der Waals surface area (Å²) in [7, 11) is 0. The number of furan rings is 1. The van der Waals surface area contributed by atoms with Crippen LogP contribution < -0.4 is 5.32 Å². The Kier molecular flexibility index (Phi) is 4.16. The molecule has 3 aliphatic heterocycles. The molecule has 5 nitrogen and oxygen atoms in total. The zero-order chi connectivity index (χ0) is 18.3. The largest absolute Gasteiger partial charge is 0.446 e. The van der Waals surface area contributed by atoms with E-state index in [1.54, 1.807) is 12.0 Å². The summed E-state index contributed by atoms with van der Waals surface area (Å²) in [6.45, 7) is 4.06. The molecule has 2 bridgehead atoms. The highest BCUT2D eigenvalue weighted by molar-refractivity contribution is 5.96. The predicted octanol–water partition coefficient (Wildman–Crippen LogP) is 3.01. The maximum atomic E-state index is 12.7. The van der Waals surface area contributed by atoms with Crippen LogP contribution in [0.25, 0.3) is 11.0 Å². The summed E-state index contributed by atoms with van der Waals surface area (Å²) in [6.07, 6.45) is 2.03. The number of alkyl halides is 2. The molecule has 0 saturated carbocycles. The maximum Gasteiger partial charge on any atom is 0.299 e. The molecule has 5 heterocycles. The molecule has 0 radical (unpaired) electrons. The van der Waals surface area contributed by atoms with Gasteiger partial charge in [-0.15, -0.1) is 0 Å². The molecule has 2 aromatic rings. The highest BCUT2D eigenvalue weighted by Crippen LogP contribution is 2.37. The van der Waals surface area contributed by atoms with Crippen molar-refractivity contribution in [1.82, 2.24) is 15.2 Å². The van der Waals surface area contributed by atoms with Gasteiger partial charge in [0.15, 0.2) is 11.3 Å². The van der Waals surface area contributed by atoms with Gasteiger partial charge < -0.3 is 9.73 Å². The first-order chi connectivity index (χ1) is 12.4. The third-order valence-electron chi connectivity index (χ3n) is 5.32. The zero-order valence-electron chi connectivity index (χ0n) is 14.4. The van der Waals surface area contributed by atoms with Crippen LogP contribution in [0.15, 0.2) is 22.7 Å². The number of carbonyl (C=O) groups excluding carboxylic acids is 1. The average molecular weight is 359 g/mol. The van der Waals surface area contributed by atoms with Gasteiger partial charge in [0, 0.05) is 24.5 Å². The van der Waals surface area contributed by atoms with Crippen molar-refractivity contribution in [1.29, 1.82) is 0 Å². The van der Waals surface area contributed by atoms with Gasteiger partial charge in [0.1, 0.15) is 5.69 Å². The number of hydrogen-bond donors (Lipinski definition) is 1. The second-order valence-electron chi connectivity index (χ2n) is 7.15. The van der Waals surface area contributed by atoms with Crippen molar-refractivity contribution in [2.75, 3.05) is 13.1 Å². The molecular formula is C19H19F2N3O2. The highest BCUT2D eigenvalue weighted by atomic mass is 19.3. The van der Waals surface area contributed by atoms with Crippen LogP contribution in [-0.4, -0.2) is 41.0 Å². The third kappa shape index (κ3) is 3.17. The Morgan fingerprint density at radius 3 is 2.85 bits per heavy atom. The predicted molar refractivity (Wildman–Crippen MR) is 91.7 cm³/mol. The summed E-state index contributed by atoms with van der Waals surface area (Å²) in [5.41, 5.74) is 0.335. The van der Waals surface area contributed by atoms with Crippen molar-refractivity contribution >= 4 is 16.9 Å². The van der Waals surface area contributed by atoms with Crippen LogP contribution in [0.1, 0.15) is 42.4 Å². The Morgan fingerprint density at radius 2 is 2.19 bits per heavy atom. The van der Waals surface area contributed by atoms with Gasteiger partial charge in [0.05, 0.1) is 11.9 Å². The van der Waals surface area contributed by atoms with Crippen molar-refractivity contribution < 1.29 is 18.0 Å². The van der Waals surface area contributed by atoms with E-state index in [9.17, 15) is 13.6 Å². The normalized spacial score (nSPS) is 27.4. The van der Waals surface area contributed by atoms with Gasteiger partial charge in [0.25, 0.3) is 12.3 Å². The summed E-state index contributed by atoms with van der Waals surface area (Å²) >= 11 is 0. The second kappa shape index (κ2) is 6.36. The molecule has 3 aliphatic rings. The molecule has 5 rings (SSSR count). The fourth-order valence-electron chi connectivity index (χ4n) is 4.02. The molecule has 1 amide bonds. The lowest BCUT2D eigenvalue weighted by Crippen LogP contribution is -2.65. The van der Waals surface area contributed by atoms with E-state index in [0.717, 1.165) is 19.5 Å². The number of nitrogens with one attached hydrogen (secondary N) is 1. The number of carbonyl (C=O) groups is 1. The molecule has 136 valence electrons. The standard InChI is InChI=1S/C19H19F2N3O2/c1-19(10-12-4-6-24(19)7-5-12)23-18(25)15-9-13-8-14(2-3-17(20)21)26-16(13)11-22-15/h8-9,11-12,17H,4-7,10H2,1H3,(H,23,25)/t19-/m0/s1. The second-order valence-corrected chi connectivity index (χ2v) is 7.15. The molecule has 2 aromatic heterocycles. The van der Waals surface area contributed by atoms with Crippen LogP contribution in [-0.2, 0) is 0 Å². The topological polar surface area (TPSA) is 58.4 Å². The van der Waals surface area contributed by atoms with Gasteiger partial charge in [-0.05, 0) is 50.0 Å². The van der Waals surface area contributed by atoms with Gasteiger partial charge in [0.2, 0.25) is 0 Å². The Hall–Kier alpha value is -2.46. The smallest absolute Gasteiger partial charge is 0.299 e. The first kappa shape index (κ1) is 17.0. The van der Waals surface area contributed by atoms with Crippen LogP contribution in [0.4, 0.5) is 8.78 Å². The fourth-order valence-corrected chi connectivity index (χ4v) is 4.02. The molecule has 1 N–H and O–H groups in total. The number of aromatic nitrogens is 1. The molecule has 0 aliphatic carbocycles. The summed E-state index contributed by atoms with van der Waals surface area (Å²) in [5.74, 6) is 4.56. The number of rotatable bonds is 2. The van der Waals surface area contributed by atoms with E-state index in [4.69, 9.17) is 4.42 Å². The molecular weight excluding hydrogens is 340 g/mol. The minimum absolute atomic E-state index is 0.127. The van der Waals surface area contributed by atoms with Crippen molar-refractivity contribution in [3.63, 3.8) is 0 Å². The molecule has 7 heteroatoms. The lowest BCUT2D eigenvalue weighted by Gasteiger charge is -2.52. The quantitative estimate of drug-likeness (QED) is 0.838. The van der Waals surface area contributed by atoms with Crippen molar-refractivity contribution in [3.05, 3.63) is 29.8 Å². The number of hydrogen-bond acceptors (Lipinski definition) is 4. The Morgan fingerprint density at radius 1 is 1.42 bits per heavy atom. The van der Waals surface area contributed by atoms with E-state index in [0.29, 0.717) is 16.9 Å². The molecule has 0 aromatic carbocycles. The lowest BCUT2D eigenvalue weighted by molar-refractivity contribution is -0.0347.